The van der Waals surface area contributed by atoms with Crippen molar-refractivity contribution in [1.29, 1.82) is 0 Å². The predicted molar refractivity (Wildman–Crippen MR) is 218 cm³/mol. The lowest BCUT2D eigenvalue weighted by Gasteiger charge is -2.46. The molecule has 52 heavy (non-hydrogen) atoms. The molecule has 6 atom stereocenters. The zero-order chi connectivity index (χ0) is 34.6. The van der Waals surface area contributed by atoms with E-state index in [9.17, 15) is 0 Å². The summed E-state index contributed by atoms with van der Waals surface area (Å²) in [6, 6.07) is 20.3. The van der Waals surface area contributed by atoms with E-state index in [0.29, 0.717) is 34.5 Å². The maximum atomic E-state index is 5.43. The molecule has 0 bridgehead atoms. The van der Waals surface area contributed by atoms with Gasteiger partial charge in [0.05, 0.1) is 5.71 Å². The summed E-state index contributed by atoms with van der Waals surface area (Å²) in [5.74, 6) is 3.20. The van der Waals surface area contributed by atoms with E-state index in [1.807, 2.05) is 11.3 Å². The molecular formula is C49H50N2S. The summed E-state index contributed by atoms with van der Waals surface area (Å²) in [6.45, 7) is 5.20. The number of allylic oxidation sites excluding steroid dienone is 10. The smallest absolute Gasteiger partial charge is 0.146 e. The van der Waals surface area contributed by atoms with Gasteiger partial charge in [0.2, 0.25) is 0 Å². The summed E-state index contributed by atoms with van der Waals surface area (Å²) < 4.78 is 1.39. The van der Waals surface area contributed by atoms with Crippen LogP contribution in [0.25, 0.3) is 12.2 Å². The third-order valence-corrected chi connectivity index (χ3v) is 16.1. The minimum atomic E-state index is -0.0985. The van der Waals surface area contributed by atoms with Crippen molar-refractivity contribution in [2.75, 3.05) is 5.32 Å². The fourth-order valence-electron chi connectivity index (χ4n) is 12.4. The van der Waals surface area contributed by atoms with Gasteiger partial charge in [-0.2, -0.15) is 0 Å². The molecule has 2 aromatic carbocycles. The molecule has 1 spiro atoms. The average molecular weight is 699 g/mol. The van der Waals surface area contributed by atoms with E-state index >= 15 is 0 Å². The van der Waals surface area contributed by atoms with Crippen molar-refractivity contribution in [3.63, 3.8) is 0 Å². The minimum Gasteiger partial charge on any atom is -0.351 e. The number of nitrogens with zero attached hydrogens (tertiary/aromatic N) is 1. The van der Waals surface area contributed by atoms with Crippen LogP contribution in [0.3, 0.4) is 0 Å². The third-order valence-electron chi connectivity index (χ3n) is 14.9. The zero-order valence-electron chi connectivity index (χ0n) is 30.7. The average Bonchev–Trinajstić information content (AvgIpc) is 3.78. The highest BCUT2D eigenvalue weighted by Gasteiger charge is 2.59. The highest BCUT2D eigenvalue weighted by molar-refractivity contribution is 7.14. The Labute approximate surface area is 313 Å². The molecule has 8 aliphatic rings. The first-order chi connectivity index (χ1) is 25.5. The molecule has 2 fully saturated rings. The van der Waals surface area contributed by atoms with Crippen molar-refractivity contribution in [2.24, 2.45) is 39.5 Å². The molecule has 0 radical (unpaired) electrons. The van der Waals surface area contributed by atoms with Crippen LogP contribution < -0.4 is 15.1 Å². The van der Waals surface area contributed by atoms with E-state index in [1.165, 1.54) is 82.0 Å². The largest absolute Gasteiger partial charge is 0.351 e. The van der Waals surface area contributed by atoms with Crippen LogP contribution >= 0.6 is 11.3 Å². The maximum Gasteiger partial charge on any atom is 0.146 e. The molecule has 1 aliphatic heterocycles. The molecule has 262 valence electrons. The Morgan fingerprint density at radius 2 is 1.69 bits per heavy atom. The number of benzene rings is 2. The number of aliphatic imine (C=N–C) groups is 1. The number of rotatable bonds is 3. The van der Waals surface area contributed by atoms with Gasteiger partial charge < -0.3 is 5.32 Å². The first kappa shape index (κ1) is 31.6. The van der Waals surface area contributed by atoms with E-state index < -0.39 is 0 Å². The molecule has 0 saturated heterocycles. The molecule has 1 aromatic heterocycles. The SMILES string of the molecule is CC1(C)C2CC=CC=C2C2C=C3C4=C(C=CC(c5ccc(C6N=C(c7ccccc7)c7c(sc8c7=CCCC=8)N6)cc5)C4)C4(CCCCC4)C3CC21. The van der Waals surface area contributed by atoms with Crippen LogP contribution in [0.4, 0.5) is 5.00 Å². The van der Waals surface area contributed by atoms with Crippen molar-refractivity contribution >= 4 is 34.2 Å². The van der Waals surface area contributed by atoms with E-state index in [-0.39, 0.29) is 6.17 Å². The minimum absolute atomic E-state index is 0.0985. The van der Waals surface area contributed by atoms with Crippen molar-refractivity contribution < 1.29 is 0 Å². The Kier molecular flexibility index (Phi) is 7.15. The first-order valence-electron chi connectivity index (χ1n) is 20.3. The van der Waals surface area contributed by atoms with Gasteiger partial charge in [0, 0.05) is 32.9 Å². The normalized spacial score (nSPS) is 31.4. The van der Waals surface area contributed by atoms with Gasteiger partial charge >= 0.3 is 0 Å². The Morgan fingerprint density at radius 3 is 2.54 bits per heavy atom. The monoisotopic (exact) mass is 698 g/mol. The van der Waals surface area contributed by atoms with E-state index in [4.69, 9.17) is 4.99 Å². The Bertz CT molecular complexity index is 2280. The number of thiophene rings is 1. The van der Waals surface area contributed by atoms with Crippen molar-refractivity contribution in [3.05, 3.63) is 145 Å². The highest BCUT2D eigenvalue weighted by Crippen LogP contribution is 2.69. The van der Waals surface area contributed by atoms with Gasteiger partial charge in [-0.3, -0.25) is 4.99 Å². The molecule has 3 aromatic rings. The molecule has 3 heteroatoms. The standard InChI is InChI=1S/C49H50N2S/c1-48(2)39-17-9-7-15-34(39)37-28-38-36-27-33(23-24-40(36)49(25-11-4-12-26-49)42(38)29-41(37)48)30-19-21-32(22-20-30)46-50-45(31-13-5-3-6-14-31)44-35-16-8-10-18-43(35)52-47(44)51-46/h3,5-7,9,13-16,18-24,28,33,37,39,41-42,46,51H,4,8,10-12,17,25-27,29H2,1-2H3. The molecule has 2 nitrogen and oxygen atoms in total. The van der Waals surface area contributed by atoms with Crippen LogP contribution in [0.15, 0.2) is 118 Å². The molecule has 1 N–H and O–H groups in total. The van der Waals surface area contributed by atoms with Crippen LogP contribution in [0.2, 0.25) is 0 Å². The van der Waals surface area contributed by atoms with Crippen molar-refractivity contribution in [1.82, 2.24) is 0 Å². The van der Waals surface area contributed by atoms with Crippen LogP contribution in [0, 0.1) is 34.5 Å². The third kappa shape index (κ3) is 4.57. The molecule has 0 amide bonds. The Morgan fingerprint density at radius 1 is 0.885 bits per heavy atom. The summed E-state index contributed by atoms with van der Waals surface area (Å²) in [4.78, 5) is 5.43. The summed E-state index contributed by atoms with van der Waals surface area (Å²) in [6.07, 6.45) is 33.0. The number of fused-ring (bicyclic) bond motifs is 10. The maximum absolute atomic E-state index is 5.43. The molecule has 6 unspecified atom stereocenters. The van der Waals surface area contributed by atoms with Crippen LogP contribution in [0.1, 0.15) is 112 Å². The van der Waals surface area contributed by atoms with Gasteiger partial charge in [0.25, 0.3) is 0 Å². The fourth-order valence-corrected chi connectivity index (χ4v) is 13.6. The summed E-state index contributed by atoms with van der Waals surface area (Å²) in [7, 11) is 0. The number of hydrogen-bond acceptors (Lipinski definition) is 3. The number of nitrogens with one attached hydrogen (secondary N) is 1. The van der Waals surface area contributed by atoms with Gasteiger partial charge in [-0.15, -0.1) is 11.3 Å². The van der Waals surface area contributed by atoms with Crippen molar-refractivity contribution in [2.45, 2.75) is 90.1 Å². The van der Waals surface area contributed by atoms with Gasteiger partial charge in [-0.25, -0.2) is 0 Å². The van der Waals surface area contributed by atoms with Gasteiger partial charge in [0.1, 0.15) is 11.2 Å². The predicted octanol–water partition coefficient (Wildman–Crippen LogP) is 11.1. The second kappa shape index (κ2) is 11.8. The molecule has 11 rings (SSSR count). The van der Waals surface area contributed by atoms with E-state index in [1.54, 1.807) is 22.3 Å². The molecule has 7 aliphatic carbocycles. The number of anilines is 1. The van der Waals surface area contributed by atoms with Crippen LogP contribution in [0.5, 0.6) is 0 Å². The van der Waals surface area contributed by atoms with Crippen LogP contribution in [-0.4, -0.2) is 5.71 Å². The zero-order valence-corrected chi connectivity index (χ0v) is 31.5. The highest BCUT2D eigenvalue weighted by atomic mass is 32.1. The second-order valence-corrected chi connectivity index (χ2v) is 18.7. The van der Waals surface area contributed by atoms with Gasteiger partial charge in [-0.05, 0) is 101 Å². The Hall–Kier alpha value is -3.95. The summed E-state index contributed by atoms with van der Waals surface area (Å²) in [5, 5.41) is 6.48. The molecular weight excluding hydrogens is 649 g/mol. The van der Waals surface area contributed by atoms with Crippen LogP contribution in [-0.2, 0) is 0 Å². The molecule has 2 saturated carbocycles. The second-order valence-electron chi connectivity index (χ2n) is 17.7. The topological polar surface area (TPSA) is 24.4 Å². The fraction of sp³-hybridized carbons (Fsp3) is 0.408. The lowest BCUT2D eigenvalue weighted by Crippen LogP contribution is -2.38. The molecule has 2 heterocycles. The summed E-state index contributed by atoms with van der Waals surface area (Å²) >= 11 is 1.89. The van der Waals surface area contributed by atoms with Crippen molar-refractivity contribution in [3.8, 4) is 0 Å². The Balaban J connectivity index is 0.922. The quantitative estimate of drug-likeness (QED) is 0.289. The van der Waals surface area contributed by atoms with E-state index in [2.05, 4.69) is 122 Å². The van der Waals surface area contributed by atoms with Gasteiger partial charge in [-0.1, -0.05) is 142 Å². The van der Waals surface area contributed by atoms with E-state index in [0.717, 1.165) is 30.9 Å². The number of hydrogen-bond donors (Lipinski definition) is 1. The first-order valence-corrected chi connectivity index (χ1v) is 21.1. The van der Waals surface area contributed by atoms with Gasteiger partial charge in [0.15, 0.2) is 0 Å². The lowest BCUT2D eigenvalue weighted by atomic mass is 9.57. The lowest BCUT2D eigenvalue weighted by molar-refractivity contribution is 0.0951. The summed E-state index contributed by atoms with van der Waals surface area (Å²) in [5.41, 5.74) is 14.0.